The lowest BCUT2D eigenvalue weighted by Crippen LogP contribution is -2.28. The molecule has 0 radical (unpaired) electrons. The Bertz CT molecular complexity index is 1180. The topological polar surface area (TPSA) is 93.9 Å². The molecule has 2 amide bonds. The fourth-order valence-corrected chi connectivity index (χ4v) is 3.38. The highest BCUT2D eigenvalue weighted by molar-refractivity contribution is 6.30. The Morgan fingerprint density at radius 2 is 1.68 bits per heavy atom. The number of hydrogen-bond acceptors (Lipinski definition) is 6. The normalized spacial score (nSPS) is 13.8. The van der Waals surface area contributed by atoms with Crippen LogP contribution in [0.1, 0.15) is 54.1 Å². The minimum absolute atomic E-state index is 0.00818. The van der Waals surface area contributed by atoms with Gasteiger partial charge in [0.15, 0.2) is 6.10 Å². The average Bonchev–Trinajstić information content (AvgIpc) is 3.36. The number of hydrogen-bond donors (Lipinski definition) is 0. The van der Waals surface area contributed by atoms with E-state index in [4.69, 9.17) is 20.8 Å². The summed E-state index contributed by atoms with van der Waals surface area (Å²) in [5.74, 6) is -1.70. The lowest BCUT2D eigenvalue weighted by Gasteiger charge is -2.13. The molecule has 1 aromatic heterocycles. The molecular weight excluding hydrogens is 422 g/mol. The number of fused-ring (bicyclic) bond motifs is 1. The summed E-state index contributed by atoms with van der Waals surface area (Å²) in [5.41, 5.74) is 0.713. The number of esters is 1. The lowest BCUT2D eigenvalue weighted by atomic mass is 10.1. The van der Waals surface area contributed by atoms with Crippen LogP contribution >= 0.6 is 11.6 Å². The van der Waals surface area contributed by atoms with Gasteiger partial charge in [-0.1, -0.05) is 11.6 Å². The highest BCUT2D eigenvalue weighted by Gasteiger charge is 2.36. The second-order valence-electron chi connectivity index (χ2n) is 6.95. The fraction of sp³-hybridized carbons (Fsp3) is 0.130. The minimum atomic E-state index is -1.05. The van der Waals surface area contributed by atoms with E-state index in [0.29, 0.717) is 16.3 Å². The maximum atomic E-state index is 12.7. The first kappa shape index (κ1) is 20.6. The molecule has 0 spiro atoms. The van der Waals surface area contributed by atoms with E-state index >= 15 is 0 Å². The van der Waals surface area contributed by atoms with Crippen LogP contribution in [0.2, 0.25) is 5.02 Å². The first-order chi connectivity index (χ1) is 14.8. The van der Waals surface area contributed by atoms with Crippen LogP contribution in [0, 0.1) is 0 Å². The number of ketones is 1. The summed E-state index contributed by atoms with van der Waals surface area (Å²) in [6.45, 7) is 1.45. The van der Waals surface area contributed by atoms with E-state index in [2.05, 4.69) is 0 Å². The van der Waals surface area contributed by atoms with Crippen LogP contribution in [-0.2, 0) is 11.3 Å². The Balaban J connectivity index is 1.49. The predicted molar refractivity (Wildman–Crippen MR) is 110 cm³/mol. The molecule has 8 heteroatoms. The zero-order chi connectivity index (χ0) is 22.1. The summed E-state index contributed by atoms with van der Waals surface area (Å²) in [7, 11) is 0. The molecule has 1 aliphatic rings. The number of rotatable bonds is 6. The third kappa shape index (κ3) is 4.00. The minimum Gasteiger partial charge on any atom is -0.467 e. The molecule has 0 N–H and O–H groups in total. The van der Waals surface area contributed by atoms with Crippen LogP contribution in [0.15, 0.2) is 65.3 Å². The van der Waals surface area contributed by atoms with Gasteiger partial charge >= 0.3 is 5.97 Å². The largest absolute Gasteiger partial charge is 0.467 e. The highest BCUT2D eigenvalue weighted by atomic mass is 35.5. The molecule has 1 atom stereocenters. The Kier molecular flexibility index (Phi) is 5.44. The van der Waals surface area contributed by atoms with Crippen LogP contribution < -0.4 is 0 Å². The Morgan fingerprint density at radius 1 is 1.00 bits per heavy atom. The van der Waals surface area contributed by atoms with Crippen molar-refractivity contribution in [3.8, 4) is 0 Å². The van der Waals surface area contributed by atoms with Gasteiger partial charge in [-0.2, -0.15) is 0 Å². The molecule has 0 bridgehead atoms. The number of furan rings is 1. The smallest absolute Gasteiger partial charge is 0.338 e. The van der Waals surface area contributed by atoms with Crippen molar-refractivity contribution in [2.75, 3.05) is 0 Å². The van der Waals surface area contributed by atoms with Crippen molar-refractivity contribution in [1.29, 1.82) is 0 Å². The van der Waals surface area contributed by atoms with Gasteiger partial charge in [0.25, 0.3) is 11.8 Å². The fourth-order valence-electron chi connectivity index (χ4n) is 3.25. The van der Waals surface area contributed by atoms with Crippen molar-refractivity contribution in [2.24, 2.45) is 0 Å². The third-order valence-corrected chi connectivity index (χ3v) is 5.13. The van der Waals surface area contributed by atoms with E-state index in [1.165, 1.54) is 31.4 Å². The molecule has 31 heavy (non-hydrogen) atoms. The molecule has 3 aromatic rings. The number of nitrogens with zero attached hydrogens (tertiary/aromatic N) is 1. The molecule has 0 aliphatic carbocycles. The SMILES string of the molecule is CC(OC(=O)c1ccc2c(c1)C(=O)N(Cc1ccco1)C2=O)C(=O)c1ccc(Cl)cc1. The number of halogens is 1. The molecule has 2 heterocycles. The molecule has 2 aromatic carbocycles. The van der Waals surface area contributed by atoms with Crippen LogP contribution in [0.5, 0.6) is 0 Å². The number of ether oxygens (including phenoxy) is 1. The van der Waals surface area contributed by atoms with Crippen molar-refractivity contribution in [3.05, 3.63) is 93.9 Å². The van der Waals surface area contributed by atoms with Crippen molar-refractivity contribution in [1.82, 2.24) is 4.90 Å². The van der Waals surface area contributed by atoms with Gasteiger partial charge in [-0.15, -0.1) is 0 Å². The van der Waals surface area contributed by atoms with Crippen molar-refractivity contribution in [2.45, 2.75) is 19.6 Å². The van der Waals surface area contributed by atoms with Gasteiger partial charge < -0.3 is 9.15 Å². The molecule has 0 saturated heterocycles. The summed E-state index contributed by atoms with van der Waals surface area (Å²) in [6, 6.07) is 13.6. The second kappa shape index (κ2) is 8.20. The predicted octanol–water partition coefficient (Wildman–Crippen LogP) is 4.16. The van der Waals surface area contributed by atoms with E-state index in [9.17, 15) is 19.2 Å². The Morgan fingerprint density at radius 3 is 2.35 bits per heavy atom. The van der Waals surface area contributed by atoms with Gasteiger partial charge in [0, 0.05) is 10.6 Å². The summed E-state index contributed by atoms with van der Waals surface area (Å²) in [4.78, 5) is 51.3. The van der Waals surface area contributed by atoms with E-state index < -0.39 is 23.9 Å². The van der Waals surface area contributed by atoms with E-state index in [-0.39, 0.29) is 29.0 Å². The number of carbonyl (C=O) groups excluding carboxylic acids is 4. The van der Waals surface area contributed by atoms with Gasteiger partial charge in [-0.25, -0.2) is 4.79 Å². The molecular formula is C23H16ClNO6. The van der Waals surface area contributed by atoms with Crippen LogP contribution in [0.3, 0.4) is 0 Å². The summed E-state index contributed by atoms with van der Waals surface area (Å²) >= 11 is 5.82. The number of amides is 2. The molecule has 0 fully saturated rings. The van der Waals surface area contributed by atoms with Gasteiger partial charge in [0.05, 0.1) is 29.5 Å². The number of imide groups is 1. The zero-order valence-electron chi connectivity index (χ0n) is 16.3. The van der Waals surface area contributed by atoms with E-state index in [1.54, 1.807) is 36.4 Å². The molecule has 4 rings (SSSR count). The number of Topliss-reactive ketones (excluding diaryl/α,β-unsaturated/α-hetero) is 1. The van der Waals surface area contributed by atoms with E-state index in [1.807, 2.05) is 0 Å². The Hall–Kier alpha value is -3.71. The monoisotopic (exact) mass is 437 g/mol. The van der Waals surface area contributed by atoms with Crippen molar-refractivity contribution < 1.29 is 28.3 Å². The van der Waals surface area contributed by atoms with Crippen LogP contribution in [0.25, 0.3) is 0 Å². The van der Waals surface area contributed by atoms with Crippen molar-refractivity contribution >= 4 is 35.2 Å². The van der Waals surface area contributed by atoms with Gasteiger partial charge in [0.2, 0.25) is 5.78 Å². The number of benzene rings is 2. The molecule has 7 nitrogen and oxygen atoms in total. The third-order valence-electron chi connectivity index (χ3n) is 4.88. The zero-order valence-corrected chi connectivity index (χ0v) is 17.1. The summed E-state index contributed by atoms with van der Waals surface area (Å²) in [6.07, 6.45) is 0.406. The van der Waals surface area contributed by atoms with E-state index in [0.717, 1.165) is 4.90 Å². The molecule has 1 aliphatic heterocycles. The quantitative estimate of drug-likeness (QED) is 0.326. The molecule has 0 saturated carbocycles. The maximum Gasteiger partial charge on any atom is 0.338 e. The van der Waals surface area contributed by atoms with Gasteiger partial charge in [-0.05, 0) is 61.5 Å². The molecule has 156 valence electrons. The van der Waals surface area contributed by atoms with Crippen molar-refractivity contribution in [3.63, 3.8) is 0 Å². The van der Waals surface area contributed by atoms with Gasteiger partial charge in [0.1, 0.15) is 5.76 Å². The number of carbonyl (C=O) groups is 4. The maximum absolute atomic E-state index is 12.7. The van der Waals surface area contributed by atoms with Crippen LogP contribution in [-0.4, -0.2) is 34.6 Å². The summed E-state index contributed by atoms with van der Waals surface area (Å²) < 4.78 is 10.5. The second-order valence-corrected chi connectivity index (χ2v) is 7.39. The lowest BCUT2D eigenvalue weighted by molar-refractivity contribution is 0.0318. The van der Waals surface area contributed by atoms with Gasteiger partial charge in [-0.3, -0.25) is 19.3 Å². The summed E-state index contributed by atoms with van der Waals surface area (Å²) in [5, 5.41) is 0.486. The first-order valence-electron chi connectivity index (χ1n) is 9.38. The highest BCUT2D eigenvalue weighted by Crippen LogP contribution is 2.26. The molecule has 1 unspecified atom stereocenters. The Labute approximate surface area is 182 Å². The van der Waals surface area contributed by atoms with Crippen LogP contribution in [0.4, 0.5) is 0 Å². The first-order valence-corrected chi connectivity index (χ1v) is 9.76. The standard InChI is InChI=1S/C23H16ClNO6/c1-13(20(26)14-4-7-16(24)8-5-14)31-23(29)15-6-9-18-19(11-15)22(28)25(21(18)27)12-17-3-2-10-30-17/h2-11,13H,12H2,1H3. The average molecular weight is 438 g/mol.